The Morgan fingerprint density at radius 2 is 1.80 bits per heavy atom. The zero-order valence-electron chi connectivity index (χ0n) is 16.5. The van der Waals surface area contributed by atoms with Gasteiger partial charge in [0.2, 0.25) is 0 Å². The Morgan fingerprint density at radius 3 is 2.57 bits per heavy atom. The molecule has 0 unspecified atom stereocenters. The summed E-state index contributed by atoms with van der Waals surface area (Å²) in [4.78, 5) is 11.3. The van der Waals surface area contributed by atoms with Crippen LogP contribution in [0.1, 0.15) is 39.6 Å². The van der Waals surface area contributed by atoms with Crippen LogP contribution in [0.4, 0.5) is 0 Å². The van der Waals surface area contributed by atoms with E-state index in [4.69, 9.17) is 11.6 Å². The third kappa shape index (κ3) is 4.73. The van der Waals surface area contributed by atoms with Crippen molar-refractivity contribution < 1.29 is 15.0 Å². The van der Waals surface area contributed by atoms with Crippen molar-refractivity contribution >= 4 is 17.6 Å². The SMILES string of the molecule is O=C(O)c1cccc(-c2ccc3c(c2)C[C@@H](NC[C@@H](O)c2ccc(Cl)cc2)CC3)c1. The maximum absolute atomic E-state index is 11.3. The summed E-state index contributed by atoms with van der Waals surface area (Å²) >= 11 is 5.92. The van der Waals surface area contributed by atoms with Gasteiger partial charge < -0.3 is 15.5 Å². The number of halogens is 1. The molecule has 154 valence electrons. The number of nitrogens with one attached hydrogen (secondary N) is 1. The second kappa shape index (κ2) is 9.00. The molecule has 1 aliphatic carbocycles. The first-order valence-corrected chi connectivity index (χ1v) is 10.5. The van der Waals surface area contributed by atoms with Gasteiger partial charge in [-0.1, -0.05) is 54.1 Å². The standard InChI is InChI=1S/C25H24ClNO3/c26-22-9-6-17(7-10-22)24(28)15-27-23-11-8-16-4-5-19(13-21(16)14-23)18-2-1-3-20(12-18)25(29)30/h1-7,9-10,12-13,23-24,27-28H,8,11,14-15H2,(H,29,30)/t23-,24+/m0/s1. The highest BCUT2D eigenvalue weighted by Gasteiger charge is 2.20. The van der Waals surface area contributed by atoms with Gasteiger partial charge in [-0.05, 0) is 71.3 Å². The number of fused-ring (bicyclic) bond motifs is 1. The molecule has 0 saturated heterocycles. The van der Waals surface area contributed by atoms with E-state index in [9.17, 15) is 15.0 Å². The van der Waals surface area contributed by atoms with E-state index in [2.05, 4.69) is 23.5 Å². The number of benzene rings is 3. The van der Waals surface area contributed by atoms with Crippen molar-refractivity contribution in [3.63, 3.8) is 0 Å². The van der Waals surface area contributed by atoms with Crippen LogP contribution in [0.3, 0.4) is 0 Å². The van der Waals surface area contributed by atoms with E-state index in [0.29, 0.717) is 23.2 Å². The fraction of sp³-hybridized carbons (Fsp3) is 0.240. The molecule has 0 heterocycles. The van der Waals surface area contributed by atoms with Gasteiger partial charge in [-0.2, -0.15) is 0 Å². The molecule has 3 N–H and O–H groups in total. The van der Waals surface area contributed by atoms with Crippen molar-refractivity contribution in [2.24, 2.45) is 0 Å². The summed E-state index contributed by atoms with van der Waals surface area (Å²) in [6.07, 6.45) is 2.32. The Kier molecular flexibility index (Phi) is 6.18. The molecule has 0 fully saturated rings. The third-order valence-corrected chi connectivity index (χ3v) is 5.98. The molecule has 0 aromatic heterocycles. The van der Waals surface area contributed by atoms with Crippen LogP contribution in [0.2, 0.25) is 5.02 Å². The van der Waals surface area contributed by atoms with Gasteiger partial charge in [-0.3, -0.25) is 0 Å². The highest BCUT2D eigenvalue weighted by Crippen LogP contribution is 2.28. The summed E-state index contributed by atoms with van der Waals surface area (Å²) in [6, 6.07) is 21.0. The third-order valence-electron chi connectivity index (χ3n) is 5.73. The van der Waals surface area contributed by atoms with Gasteiger partial charge >= 0.3 is 5.97 Å². The van der Waals surface area contributed by atoms with Crippen LogP contribution in [0.25, 0.3) is 11.1 Å². The van der Waals surface area contributed by atoms with Crippen molar-refractivity contribution in [2.75, 3.05) is 6.54 Å². The second-order valence-electron chi connectivity index (χ2n) is 7.78. The van der Waals surface area contributed by atoms with E-state index >= 15 is 0 Å². The number of carbonyl (C=O) groups is 1. The first-order chi connectivity index (χ1) is 14.5. The number of hydrogen-bond acceptors (Lipinski definition) is 3. The molecule has 0 amide bonds. The van der Waals surface area contributed by atoms with Crippen molar-refractivity contribution in [1.82, 2.24) is 5.32 Å². The molecule has 2 atom stereocenters. The Bertz CT molecular complexity index is 1050. The molecule has 4 rings (SSSR count). The molecule has 0 radical (unpaired) electrons. The molecule has 5 heteroatoms. The highest BCUT2D eigenvalue weighted by atomic mass is 35.5. The number of hydrogen-bond donors (Lipinski definition) is 3. The van der Waals surface area contributed by atoms with Crippen LogP contribution in [0.5, 0.6) is 0 Å². The van der Waals surface area contributed by atoms with Gasteiger partial charge in [0.1, 0.15) is 0 Å². The van der Waals surface area contributed by atoms with Crippen LogP contribution in [-0.4, -0.2) is 28.8 Å². The van der Waals surface area contributed by atoms with E-state index in [0.717, 1.165) is 36.0 Å². The molecule has 0 bridgehead atoms. The number of aryl methyl sites for hydroxylation is 1. The summed E-state index contributed by atoms with van der Waals surface area (Å²) in [5.74, 6) is -0.918. The summed E-state index contributed by atoms with van der Waals surface area (Å²) < 4.78 is 0. The van der Waals surface area contributed by atoms with Gasteiger partial charge in [-0.25, -0.2) is 4.79 Å². The largest absolute Gasteiger partial charge is 0.478 e. The minimum atomic E-state index is -0.918. The molecular formula is C25H24ClNO3. The first-order valence-electron chi connectivity index (χ1n) is 10.1. The predicted molar refractivity (Wildman–Crippen MR) is 119 cm³/mol. The summed E-state index contributed by atoms with van der Waals surface area (Å²) in [6.45, 7) is 0.488. The average molecular weight is 422 g/mol. The fourth-order valence-electron chi connectivity index (χ4n) is 4.02. The number of rotatable bonds is 6. The van der Waals surface area contributed by atoms with Crippen molar-refractivity contribution in [3.8, 4) is 11.1 Å². The van der Waals surface area contributed by atoms with Crippen LogP contribution in [0.15, 0.2) is 66.7 Å². The van der Waals surface area contributed by atoms with Crippen LogP contribution in [0, 0.1) is 0 Å². The van der Waals surface area contributed by atoms with E-state index in [-0.39, 0.29) is 0 Å². The Labute approximate surface area is 181 Å². The molecule has 0 spiro atoms. The lowest BCUT2D eigenvalue weighted by Crippen LogP contribution is -2.37. The average Bonchev–Trinajstić information content (AvgIpc) is 2.77. The van der Waals surface area contributed by atoms with Crippen LogP contribution >= 0.6 is 11.6 Å². The smallest absolute Gasteiger partial charge is 0.335 e. The van der Waals surface area contributed by atoms with Gasteiger partial charge in [0.25, 0.3) is 0 Å². The van der Waals surface area contributed by atoms with Gasteiger partial charge in [0.05, 0.1) is 11.7 Å². The lowest BCUT2D eigenvalue weighted by molar-refractivity contribution is 0.0697. The predicted octanol–water partition coefficient (Wildman–Crippen LogP) is 4.89. The van der Waals surface area contributed by atoms with E-state index in [1.807, 2.05) is 18.2 Å². The monoisotopic (exact) mass is 421 g/mol. The van der Waals surface area contributed by atoms with Gasteiger partial charge in [-0.15, -0.1) is 0 Å². The molecule has 0 saturated carbocycles. The molecule has 4 nitrogen and oxygen atoms in total. The van der Waals surface area contributed by atoms with Crippen LogP contribution in [-0.2, 0) is 12.8 Å². The first kappa shape index (κ1) is 20.6. The molecule has 3 aromatic carbocycles. The van der Waals surface area contributed by atoms with Crippen molar-refractivity contribution in [1.29, 1.82) is 0 Å². The maximum Gasteiger partial charge on any atom is 0.335 e. The topological polar surface area (TPSA) is 69.6 Å². The maximum atomic E-state index is 11.3. The molecule has 30 heavy (non-hydrogen) atoms. The summed E-state index contributed by atoms with van der Waals surface area (Å²) in [7, 11) is 0. The second-order valence-corrected chi connectivity index (χ2v) is 8.22. The number of aromatic carboxylic acids is 1. The molecular weight excluding hydrogens is 398 g/mol. The minimum Gasteiger partial charge on any atom is -0.478 e. The molecule has 1 aliphatic rings. The minimum absolute atomic E-state index is 0.292. The zero-order chi connectivity index (χ0) is 21.1. The van der Waals surface area contributed by atoms with Gasteiger partial charge in [0, 0.05) is 17.6 Å². The number of aliphatic hydroxyl groups is 1. The van der Waals surface area contributed by atoms with E-state index in [1.54, 1.807) is 30.3 Å². The lowest BCUT2D eigenvalue weighted by Gasteiger charge is -2.27. The highest BCUT2D eigenvalue weighted by molar-refractivity contribution is 6.30. The van der Waals surface area contributed by atoms with E-state index < -0.39 is 12.1 Å². The Hall–Kier alpha value is -2.66. The van der Waals surface area contributed by atoms with E-state index in [1.165, 1.54) is 11.1 Å². The van der Waals surface area contributed by atoms with Crippen molar-refractivity contribution in [2.45, 2.75) is 31.4 Å². The fourth-order valence-corrected chi connectivity index (χ4v) is 4.15. The number of carboxylic acid groups (broad SMARTS) is 1. The molecule has 3 aromatic rings. The molecule has 0 aliphatic heterocycles. The van der Waals surface area contributed by atoms with Crippen molar-refractivity contribution in [3.05, 3.63) is 94.0 Å². The zero-order valence-corrected chi connectivity index (χ0v) is 17.3. The van der Waals surface area contributed by atoms with Gasteiger partial charge in [0.15, 0.2) is 0 Å². The lowest BCUT2D eigenvalue weighted by atomic mass is 9.86. The normalized spacial score (nSPS) is 16.7. The summed E-state index contributed by atoms with van der Waals surface area (Å²) in [5, 5.41) is 23.9. The Morgan fingerprint density at radius 1 is 1.03 bits per heavy atom. The quantitative estimate of drug-likeness (QED) is 0.530. The van der Waals surface area contributed by atoms with Crippen LogP contribution < -0.4 is 5.32 Å². The summed E-state index contributed by atoms with van der Waals surface area (Å²) in [5.41, 5.74) is 5.69. The Balaban J connectivity index is 1.44. The number of aliphatic hydroxyl groups excluding tert-OH is 1. The number of carboxylic acids is 1.